The first kappa shape index (κ1) is 20.7. The van der Waals surface area contributed by atoms with Crippen molar-refractivity contribution in [2.24, 2.45) is 0 Å². The van der Waals surface area contributed by atoms with Crippen LogP contribution >= 0.6 is 0 Å². The minimum atomic E-state index is -0.450. The van der Waals surface area contributed by atoms with Gasteiger partial charge in [0.15, 0.2) is 0 Å². The van der Waals surface area contributed by atoms with Crippen LogP contribution < -0.4 is 15.4 Å². The lowest BCUT2D eigenvalue weighted by Crippen LogP contribution is -2.30. The third-order valence-corrected chi connectivity index (χ3v) is 4.45. The molecular weight excluding hydrogens is 374 g/mol. The first-order valence-corrected chi connectivity index (χ1v) is 9.71. The molecule has 5 heteroatoms. The van der Waals surface area contributed by atoms with Crippen LogP contribution in [-0.2, 0) is 4.79 Å². The molecule has 3 aromatic carbocycles. The molecule has 0 aromatic heterocycles. The van der Waals surface area contributed by atoms with Gasteiger partial charge < -0.3 is 15.4 Å². The van der Waals surface area contributed by atoms with Crippen molar-refractivity contribution < 1.29 is 9.53 Å². The largest absolute Gasteiger partial charge is 0.494 e. The lowest BCUT2D eigenvalue weighted by atomic mass is 9.98. The highest BCUT2D eigenvalue weighted by Gasteiger charge is 2.19. The summed E-state index contributed by atoms with van der Waals surface area (Å²) in [4.78, 5) is 12.8. The van der Waals surface area contributed by atoms with E-state index in [1.165, 1.54) is 6.20 Å². The van der Waals surface area contributed by atoms with Crippen LogP contribution in [0.15, 0.2) is 96.7 Å². The molecule has 3 rings (SSSR count). The Bertz CT molecular complexity index is 984. The van der Waals surface area contributed by atoms with Crippen molar-refractivity contribution in [2.45, 2.75) is 13.0 Å². The molecule has 0 bridgehead atoms. The number of nitrogens with zero attached hydrogens (tertiary/aromatic N) is 1. The van der Waals surface area contributed by atoms with Crippen LogP contribution in [0, 0.1) is 11.3 Å². The minimum Gasteiger partial charge on any atom is -0.494 e. The van der Waals surface area contributed by atoms with Crippen LogP contribution in [0.5, 0.6) is 5.75 Å². The lowest BCUT2D eigenvalue weighted by Gasteiger charge is -2.19. The standard InChI is InChI=1S/C25H23N3O2/c1-2-30-23-15-13-22(14-16-23)27-18-21(17-26)25(29)28-24(19-9-5-3-6-10-19)20-11-7-4-8-12-20/h3-16,18,24,27H,2H2,1H3,(H,28,29)/b21-18-. The van der Waals surface area contributed by atoms with E-state index in [1.54, 1.807) is 0 Å². The van der Waals surface area contributed by atoms with Crippen molar-refractivity contribution in [3.63, 3.8) is 0 Å². The van der Waals surface area contributed by atoms with E-state index >= 15 is 0 Å². The first-order valence-electron chi connectivity index (χ1n) is 9.71. The van der Waals surface area contributed by atoms with Crippen LogP contribution in [0.3, 0.4) is 0 Å². The van der Waals surface area contributed by atoms with Gasteiger partial charge in [0, 0.05) is 11.9 Å². The van der Waals surface area contributed by atoms with Crippen molar-refractivity contribution in [1.82, 2.24) is 5.32 Å². The Balaban J connectivity index is 1.76. The molecule has 150 valence electrons. The SMILES string of the molecule is CCOc1ccc(N/C=C(/C#N)C(=O)NC(c2ccccc2)c2ccccc2)cc1. The van der Waals surface area contributed by atoms with E-state index in [2.05, 4.69) is 10.6 Å². The third-order valence-electron chi connectivity index (χ3n) is 4.45. The van der Waals surface area contributed by atoms with Crippen molar-refractivity contribution in [3.05, 3.63) is 108 Å². The van der Waals surface area contributed by atoms with Gasteiger partial charge in [-0.2, -0.15) is 5.26 Å². The second-order valence-corrected chi connectivity index (χ2v) is 6.50. The van der Waals surface area contributed by atoms with Crippen LogP contribution in [-0.4, -0.2) is 12.5 Å². The van der Waals surface area contributed by atoms with Gasteiger partial charge in [0.25, 0.3) is 5.91 Å². The first-order chi connectivity index (χ1) is 14.7. The molecule has 30 heavy (non-hydrogen) atoms. The zero-order chi connectivity index (χ0) is 21.2. The number of anilines is 1. The van der Waals surface area contributed by atoms with Crippen molar-refractivity contribution in [2.75, 3.05) is 11.9 Å². The average Bonchev–Trinajstić information content (AvgIpc) is 2.80. The van der Waals surface area contributed by atoms with Crippen molar-refractivity contribution in [1.29, 1.82) is 5.26 Å². The van der Waals surface area contributed by atoms with E-state index in [4.69, 9.17) is 4.74 Å². The van der Waals surface area contributed by atoms with Gasteiger partial charge in [-0.05, 0) is 42.3 Å². The summed E-state index contributed by atoms with van der Waals surface area (Å²) < 4.78 is 5.41. The number of amides is 1. The number of nitriles is 1. The van der Waals surface area contributed by atoms with Crippen LogP contribution in [0.25, 0.3) is 0 Å². The number of ether oxygens (including phenoxy) is 1. The van der Waals surface area contributed by atoms with Crippen molar-refractivity contribution >= 4 is 11.6 Å². The van der Waals surface area contributed by atoms with E-state index in [1.807, 2.05) is 97.9 Å². The van der Waals surface area contributed by atoms with Gasteiger partial charge >= 0.3 is 0 Å². The summed E-state index contributed by atoms with van der Waals surface area (Å²) in [5, 5.41) is 15.5. The van der Waals surface area contributed by atoms with Gasteiger partial charge in [0.2, 0.25) is 0 Å². The van der Waals surface area contributed by atoms with Gasteiger partial charge in [-0.15, -0.1) is 0 Å². The Morgan fingerprint density at radius 2 is 1.53 bits per heavy atom. The third kappa shape index (κ3) is 5.49. The molecule has 5 nitrogen and oxygen atoms in total. The average molecular weight is 397 g/mol. The molecule has 1 amide bonds. The van der Waals surface area contributed by atoms with E-state index < -0.39 is 5.91 Å². The molecule has 0 aliphatic rings. The Morgan fingerprint density at radius 3 is 2.03 bits per heavy atom. The van der Waals surface area contributed by atoms with E-state index in [9.17, 15) is 10.1 Å². The summed E-state index contributed by atoms with van der Waals surface area (Å²) in [5.41, 5.74) is 2.62. The van der Waals surface area contributed by atoms with Crippen molar-refractivity contribution in [3.8, 4) is 11.8 Å². The van der Waals surface area contributed by atoms with Gasteiger partial charge in [0.05, 0.1) is 12.6 Å². The quantitative estimate of drug-likeness (QED) is 0.423. The molecule has 0 spiro atoms. The monoisotopic (exact) mass is 397 g/mol. The topological polar surface area (TPSA) is 74.1 Å². The number of rotatable bonds is 8. The number of hydrogen-bond donors (Lipinski definition) is 2. The molecule has 3 aromatic rings. The molecule has 0 unspecified atom stereocenters. The molecule has 0 fully saturated rings. The number of benzene rings is 3. The van der Waals surface area contributed by atoms with Crippen LogP contribution in [0.1, 0.15) is 24.1 Å². The number of carbonyl (C=O) groups excluding carboxylic acids is 1. The smallest absolute Gasteiger partial charge is 0.264 e. The van der Waals surface area contributed by atoms with E-state index in [-0.39, 0.29) is 11.6 Å². The molecule has 0 heterocycles. The second kappa shape index (κ2) is 10.5. The summed E-state index contributed by atoms with van der Waals surface area (Å²) in [7, 11) is 0. The summed E-state index contributed by atoms with van der Waals surface area (Å²) in [6, 6.07) is 28.3. The van der Waals surface area contributed by atoms with Gasteiger partial charge in [-0.1, -0.05) is 60.7 Å². The Hall–Kier alpha value is -4.04. The molecule has 0 aliphatic heterocycles. The number of hydrogen-bond acceptors (Lipinski definition) is 4. The fourth-order valence-corrected chi connectivity index (χ4v) is 2.98. The Labute approximate surface area is 176 Å². The molecule has 0 aliphatic carbocycles. The van der Waals surface area contributed by atoms with Crippen LogP contribution in [0.2, 0.25) is 0 Å². The minimum absolute atomic E-state index is 0.0132. The molecule has 0 saturated heterocycles. The normalized spacial score (nSPS) is 10.9. The number of carbonyl (C=O) groups is 1. The second-order valence-electron chi connectivity index (χ2n) is 6.50. The molecule has 0 saturated carbocycles. The van der Waals surface area contributed by atoms with Crippen LogP contribution in [0.4, 0.5) is 5.69 Å². The molecular formula is C25H23N3O2. The maximum atomic E-state index is 12.8. The highest BCUT2D eigenvalue weighted by Crippen LogP contribution is 2.22. The summed E-state index contributed by atoms with van der Waals surface area (Å²) in [6.07, 6.45) is 1.41. The maximum Gasteiger partial charge on any atom is 0.264 e. The fraction of sp³-hybridized carbons (Fsp3) is 0.120. The predicted molar refractivity (Wildman–Crippen MR) is 118 cm³/mol. The maximum absolute atomic E-state index is 12.8. The summed E-state index contributed by atoms with van der Waals surface area (Å²) in [6.45, 7) is 2.51. The summed E-state index contributed by atoms with van der Waals surface area (Å²) >= 11 is 0. The fourth-order valence-electron chi connectivity index (χ4n) is 2.98. The van der Waals surface area contributed by atoms with E-state index in [0.29, 0.717) is 6.61 Å². The van der Waals surface area contributed by atoms with Gasteiger partial charge in [-0.25, -0.2) is 0 Å². The summed E-state index contributed by atoms with van der Waals surface area (Å²) in [5.74, 6) is 0.312. The number of nitrogens with one attached hydrogen (secondary N) is 2. The van der Waals surface area contributed by atoms with Gasteiger partial charge in [0.1, 0.15) is 17.4 Å². The zero-order valence-corrected chi connectivity index (χ0v) is 16.7. The lowest BCUT2D eigenvalue weighted by molar-refractivity contribution is -0.117. The predicted octanol–water partition coefficient (Wildman–Crippen LogP) is 4.81. The Morgan fingerprint density at radius 1 is 0.967 bits per heavy atom. The molecule has 0 atom stereocenters. The highest BCUT2D eigenvalue weighted by molar-refractivity contribution is 5.98. The zero-order valence-electron chi connectivity index (χ0n) is 16.7. The molecule has 2 N–H and O–H groups in total. The van der Waals surface area contributed by atoms with E-state index in [0.717, 1.165) is 22.6 Å². The highest BCUT2D eigenvalue weighted by atomic mass is 16.5. The van der Waals surface area contributed by atoms with Gasteiger partial charge in [-0.3, -0.25) is 4.79 Å². The molecule has 0 radical (unpaired) electrons. The Kier molecular flexibility index (Phi) is 7.23.